The lowest BCUT2D eigenvalue weighted by Crippen LogP contribution is -2.13. The molecule has 0 saturated heterocycles. The van der Waals surface area contributed by atoms with Crippen molar-refractivity contribution in [2.24, 2.45) is 4.99 Å². The second-order valence-electron chi connectivity index (χ2n) is 4.29. The fourth-order valence-electron chi connectivity index (χ4n) is 2.02. The van der Waals surface area contributed by atoms with E-state index in [2.05, 4.69) is 23.2 Å². The van der Waals surface area contributed by atoms with Crippen LogP contribution in [-0.4, -0.2) is 22.8 Å². The number of carboxylic acids is 1. The number of benzene rings is 1. The van der Waals surface area contributed by atoms with Gasteiger partial charge in [-0.05, 0) is 43.9 Å². The minimum absolute atomic E-state index is 0.546. The molecular formula is C13H15NO2. The molecule has 84 valence electrons. The minimum atomic E-state index is -0.819. The van der Waals surface area contributed by atoms with Crippen LogP contribution in [0.25, 0.3) is 0 Å². The SMILES string of the molecule is Cc1ccc(C)c(C2=NC(C(=O)O)CC2)c1. The van der Waals surface area contributed by atoms with Gasteiger partial charge in [0.05, 0.1) is 0 Å². The van der Waals surface area contributed by atoms with Gasteiger partial charge in [0, 0.05) is 5.71 Å². The normalized spacial score (nSPS) is 19.6. The van der Waals surface area contributed by atoms with E-state index in [0.717, 1.165) is 23.3 Å². The number of hydrogen-bond acceptors (Lipinski definition) is 2. The number of rotatable bonds is 2. The van der Waals surface area contributed by atoms with Crippen molar-refractivity contribution in [3.8, 4) is 0 Å². The Kier molecular flexibility index (Phi) is 2.77. The second-order valence-corrected chi connectivity index (χ2v) is 4.29. The van der Waals surface area contributed by atoms with Gasteiger partial charge in [-0.15, -0.1) is 0 Å². The first-order chi connectivity index (χ1) is 7.58. The molecule has 2 rings (SSSR count). The van der Waals surface area contributed by atoms with Crippen molar-refractivity contribution in [3.63, 3.8) is 0 Å². The molecule has 1 aliphatic rings. The van der Waals surface area contributed by atoms with Crippen LogP contribution >= 0.6 is 0 Å². The highest BCUT2D eigenvalue weighted by Gasteiger charge is 2.24. The molecule has 16 heavy (non-hydrogen) atoms. The van der Waals surface area contributed by atoms with Crippen molar-refractivity contribution < 1.29 is 9.90 Å². The van der Waals surface area contributed by atoms with E-state index >= 15 is 0 Å². The third-order valence-electron chi connectivity index (χ3n) is 2.96. The summed E-state index contributed by atoms with van der Waals surface area (Å²) < 4.78 is 0. The number of hydrogen-bond donors (Lipinski definition) is 1. The largest absolute Gasteiger partial charge is 0.480 e. The van der Waals surface area contributed by atoms with Crippen LogP contribution in [0.15, 0.2) is 23.2 Å². The van der Waals surface area contributed by atoms with Crippen LogP contribution in [0.2, 0.25) is 0 Å². The Balaban J connectivity index is 2.35. The summed E-state index contributed by atoms with van der Waals surface area (Å²) in [5, 5.41) is 8.89. The topological polar surface area (TPSA) is 49.7 Å². The van der Waals surface area contributed by atoms with E-state index in [4.69, 9.17) is 5.11 Å². The van der Waals surface area contributed by atoms with Gasteiger partial charge in [-0.3, -0.25) is 4.99 Å². The van der Waals surface area contributed by atoms with E-state index in [0.29, 0.717) is 6.42 Å². The van der Waals surface area contributed by atoms with E-state index in [-0.39, 0.29) is 0 Å². The van der Waals surface area contributed by atoms with E-state index in [1.807, 2.05) is 13.8 Å². The second kappa shape index (κ2) is 4.08. The van der Waals surface area contributed by atoms with Crippen LogP contribution in [-0.2, 0) is 4.79 Å². The Morgan fingerprint density at radius 3 is 2.81 bits per heavy atom. The monoisotopic (exact) mass is 217 g/mol. The van der Waals surface area contributed by atoms with Gasteiger partial charge in [-0.2, -0.15) is 0 Å². The summed E-state index contributed by atoms with van der Waals surface area (Å²) in [6, 6.07) is 5.65. The first-order valence-corrected chi connectivity index (χ1v) is 5.45. The van der Waals surface area contributed by atoms with Crippen molar-refractivity contribution >= 4 is 11.7 Å². The molecule has 1 aromatic carbocycles. The maximum atomic E-state index is 10.8. The highest BCUT2D eigenvalue weighted by Crippen LogP contribution is 2.21. The quantitative estimate of drug-likeness (QED) is 0.826. The zero-order valence-corrected chi connectivity index (χ0v) is 9.53. The number of aliphatic carboxylic acids is 1. The average molecular weight is 217 g/mol. The molecule has 0 amide bonds. The van der Waals surface area contributed by atoms with Crippen LogP contribution in [0, 0.1) is 13.8 Å². The van der Waals surface area contributed by atoms with Gasteiger partial charge in [-0.1, -0.05) is 17.7 Å². The van der Waals surface area contributed by atoms with Gasteiger partial charge in [0.25, 0.3) is 0 Å². The fourth-order valence-corrected chi connectivity index (χ4v) is 2.02. The smallest absolute Gasteiger partial charge is 0.328 e. The molecule has 1 heterocycles. The Hall–Kier alpha value is -1.64. The molecule has 1 unspecified atom stereocenters. The first-order valence-electron chi connectivity index (χ1n) is 5.45. The molecule has 0 fully saturated rings. The van der Waals surface area contributed by atoms with Crippen molar-refractivity contribution in [3.05, 3.63) is 34.9 Å². The summed E-state index contributed by atoms with van der Waals surface area (Å²) in [7, 11) is 0. The number of carbonyl (C=O) groups is 1. The predicted octanol–water partition coefficient (Wildman–Crippen LogP) is 2.34. The highest BCUT2D eigenvalue weighted by atomic mass is 16.4. The first kappa shape index (κ1) is 10.9. The Morgan fingerprint density at radius 1 is 1.44 bits per heavy atom. The average Bonchev–Trinajstić information content (AvgIpc) is 2.70. The van der Waals surface area contributed by atoms with Crippen molar-refractivity contribution in [2.75, 3.05) is 0 Å². The summed E-state index contributed by atoms with van der Waals surface area (Å²) in [6.45, 7) is 4.07. The van der Waals surface area contributed by atoms with E-state index in [1.165, 1.54) is 5.56 Å². The predicted molar refractivity (Wildman–Crippen MR) is 63.1 cm³/mol. The highest BCUT2D eigenvalue weighted by molar-refractivity contribution is 6.04. The van der Waals surface area contributed by atoms with Crippen LogP contribution in [0.3, 0.4) is 0 Å². The fraction of sp³-hybridized carbons (Fsp3) is 0.385. The molecule has 0 bridgehead atoms. The van der Waals surface area contributed by atoms with Gasteiger partial charge in [0.2, 0.25) is 0 Å². The van der Waals surface area contributed by atoms with Crippen LogP contribution in [0.5, 0.6) is 0 Å². The summed E-state index contributed by atoms with van der Waals surface area (Å²) in [6.07, 6.45) is 1.39. The van der Waals surface area contributed by atoms with Gasteiger partial charge >= 0.3 is 5.97 Å². The standard InChI is InChI=1S/C13H15NO2/c1-8-3-4-9(2)10(7-8)11-5-6-12(14-11)13(15)16/h3-4,7,12H,5-6H2,1-2H3,(H,15,16). The molecule has 1 aliphatic heterocycles. The molecule has 0 spiro atoms. The molecule has 0 aliphatic carbocycles. The number of carboxylic acid groups (broad SMARTS) is 1. The summed E-state index contributed by atoms with van der Waals surface area (Å²) in [4.78, 5) is 15.1. The van der Waals surface area contributed by atoms with E-state index < -0.39 is 12.0 Å². The minimum Gasteiger partial charge on any atom is -0.480 e. The summed E-state index contributed by atoms with van der Waals surface area (Å²) in [5.41, 5.74) is 4.38. The molecule has 1 aromatic rings. The summed E-state index contributed by atoms with van der Waals surface area (Å²) >= 11 is 0. The van der Waals surface area contributed by atoms with Gasteiger partial charge < -0.3 is 5.11 Å². The van der Waals surface area contributed by atoms with Crippen LogP contribution in [0.4, 0.5) is 0 Å². The number of nitrogens with zero attached hydrogens (tertiary/aromatic N) is 1. The van der Waals surface area contributed by atoms with Crippen LogP contribution in [0.1, 0.15) is 29.5 Å². The van der Waals surface area contributed by atoms with Gasteiger partial charge in [0.1, 0.15) is 6.04 Å². The van der Waals surface area contributed by atoms with Crippen LogP contribution < -0.4 is 0 Å². The molecule has 0 radical (unpaired) electrons. The lowest BCUT2D eigenvalue weighted by atomic mass is 9.99. The van der Waals surface area contributed by atoms with E-state index in [9.17, 15) is 4.79 Å². The zero-order valence-electron chi connectivity index (χ0n) is 9.53. The zero-order chi connectivity index (χ0) is 11.7. The van der Waals surface area contributed by atoms with Crippen molar-refractivity contribution in [1.82, 2.24) is 0 Å². The number of aliphatic imine (C=N–C) groups is 1. The molecule has 1 N–H and O–H groups in total. The molecular weight excluding hydrogens is 202 g/mol. The van der Waals surface area contributed by atoms with Crippen molar-refractivity contribution in [1.29, 1.82) is 0 Å². The Labute approximate surface area is 94.8 Å². The third-order valence-corrected chi connectivity index (χ3v) is 2.96. The van der Waals surface area contributed by atoms with E-state index in [1.54, 1.807) is 0 Å². The maximum Gasteiger partial charge on any atom is 0.328 e. The molecule has 3 heteroatoms. The summed E-state index contributed by atoms with van der Waals surface area (Å²) in [5.74, 6) is -0.819. The maximum absolute atomic E-state index is 10.8. The van der Waals surface area contributed by atoms with Gasteiger partial charge in [0.15, 0.2) is 0 Å². The lowest BCUT2D eigenvalue weighted by molar-refractivity contribution is -0.138. The molecule has 0 saturated carbocycles. The number of aryl methyl sites for hydroxylation is 2. The Morgan fingerprint density at radius 2 is 2.19 bits per heavy atom. The third kappa shape index (κ3) is 1.98. The molecule has 0 aromatic heterocycles. The lowest BCUT2D eigenvalue weighted by Gasteiger charge is -2.06. The molecule has 1 atom stereocenters. The van der Waals surface area contributed by atoms with Crippen molar-refractivity contribution in [2.45, 2.75) is 32.7 Å². The van der Waals surface area contributed by atoms with Gasteiger partial charge in [-0.25, -0.2) is 4.79 Å². The Bertz CT molecular complexity index is 463. The molecule has 3 nitrogen and oxygen atoms in total.